The standard InChI is InChI=1S/C26H34N4O5/c1-4-30-22-20(16-26(17-27-23(22)31)10-13-34-14-11-26)21(28-30)9-6-12-35-25(33)19-8-5-7-18(15-19)24(32)29(2)3/h5,7-8,15H,4,6,9-14,16-17H2,1-3H3,(H,27,31). The van der Waals surface area contributed by atoms with Crippen molar-refractivity contribution in [1.29, 1.82) is 0 Å². The molecule has 4 rings (SSSR count). The third-order valence-corrected chi connectivity index (χ3v) is 6.92. The van der Waals surface area contributed by atoms with Crippen LogP contribution in [0.25, 0.3) is 0 Å². The van der Waals surface area contributed by atoms with E-state index in [1.807, 2.05) is 6.92 Å². The van der Waals surface area contributed by atoms with Crippen LogP contribution in [0.4, 0.5) is 0 Å². The molecule has 0 saturated carbocycles. The second-order valence-electron chi connectivity index (χ2n) is 9.58. The molecule has 0 atom stereocenters. The first-order chi connectivity index (χ1) is 16.8. The Morgan fingerprint density at radius 3 is 2.69 bits per heavy atom. The van der Waals surface area contributed by atoms with Crippen molar-refractivity contribution in [3.63, 3.8) is 0 Å². The number of carbonyl (C=O) groups is 3. The van der Waals surface area contributed by atoms with Crippen LogP contribution in [0.2, 0.25) is 0 Å². The van der Waals surface area contributed by atoms with E-state index >= 15 is 0 Å². The van der Waals surface area contributed by atoms with Crippen LogP contribution in [-0.4, -0.2) is 72.9 Å². The van der Waals surface area contributed by atoms with E-state index in [1.54, 1.807) is 43.0 Å². The molecule has 1 N–H and O–H groups in total. The van der Waals surface area contributed by atoms with Gasteiger partial charge in [0.15, 0.2) is 0 Å². The highest BCUT2D eigenvalue weighted by atomic mass is 16.5. The highest BCUT2D eigenvalue weighted by Crippen LogP contribution is 2.37. The van der Waals surface area contributed by atoms with Gasteiger partial charge in [0.2, 0.25) is 0 Å². The van der Waals surface area contributed by atoms with Gasteiger partial charge in [-0.2, -0.15) is 5.10 Å². The Labute approximate surface area is 205 Å². The summed E-state index contributed by atoms with van der Waals surface area (Å²) >= 11 is 0. The molecule has 2 amide bonds. The van der Waals surface area contributed by atoms with Crippen LogP contribution >= 0.6 is 0 Å². The maximum atomic E-state index is 12.9. The Kier molecular flexibility index (Phi) is 7.54. The average molecular weight is 483 g/mol. The smallest absolute Gasteiger partial charge is 0.338 e. The molecule has 1 saturated heterocycles. The van der Waals surface area contributed by atoms with Crippen LogP contribution in [-0.2, 0) is 28.9 Å². The minimum absolute atomic E-state index is 0.00299. The summed E-state index contributed by atoms with van der Waals surface area (Å²) in [4.78, 5) is 39.1. The lowest BCUT2D eigenvalue weighted by Gasteiger charge is -2.36. The molecular weight excluding hydrogens is 448 g/mol. The molecule has 1 fully saturated rings. The fourth-order valence-electron chi connectivity index (χ4n) is 4.89. The van der Waals surface area contributed by atoms with Gasteiger partial charge in [0.05, 0.1) is 17.9 Å². The lowest BCUT2D eigenvalue weighted by Crippen LogP contribution is -2.40. The molecule has 0 unspecified atom stereocenters. The summed E-state index contributed by atoms with van der Waals surface area (Å²) in [5.74, 6) is -0.697. The van der Waals surface area contributed by atoms with Crippen molar-refractivity contribution >= 4 is 17.8 Å². The van der Waals surface area contributed by atoms with Crippen LogP contribution in [0.15, 0.2) is 24.3 Å². The molecule has 0 radical (unpaired) electrons. The van der Waals surface area contributed by atoms with Gasteiger partial charge in [-0.3, -0.25) is 14.3 Å². The summed E-state index contributed by atoms with van der Waals surface area (Å²) in [5, 5.41) is 7.86. The number of carbonyl (C=O) groups excluding carboxylic acids is 3. The summed E-state index contributed by atoms with van der Waals surface area (Å²) < 4.78 is 12.8. The third-order valence-electron chi connectivity index (χ3n) is 6.92. The predicted molar refractivity (Wildman–Crippen MR) is 129 cm³/mol. The molecule has 9 heteroatoms. The highest BCUT2D eigenvalue weighted by molar-refractivity contribution is 5.97. The largest absolute Gasteiger partial charge is 0.462 e. The van der Waals surface area contributed by atoms with Crippen LogP contribution in [0.5, 0.6) is 0 Å². The van der Waals surface area contributed by atoms with Crippen molar-refractivity contribution in [2.45, 2.75) is 45.6 Å². The molecule has 1 aromatic heterocycles. The maximum Gasteiger partial charge on any atom is 0.338 e. The molecule has 2 aliphatic heterocycles. The SMILES string of the molecule is CCn1nc(CCCOC(=O)c2cccc(C(=O)N(C)C)c2)c2c1C(=O)NCC1(CCOCC1)C2. The van der Waals surface area contributed by atoms with Crippen molar-refractivity contribution in [3.05, 3.63) is 52.3 Å². The Morgan fingerprint density at radius 2 is 1.97 bits per heavy atom. The number of ether oxygens (including phenoxy) is 2. The molecule has 0 aliphatic carbocycles. The van der Waals surface area contributed by atoms with E-state index in [4.69, 9.17) is 14.6 Å². The fraction of sp³-hybridized carbons (Fsp3) is 0.538. The van der Waals surface area contributed by atoms with Crippen molar-refractivity contribution in [2.75, 3.05) is 40.5 Å². The molecule has 2 aliphatic rings. The van der Waals surface area contributed by atoms with Crippen molar-refractivity contribution < 1.29 is 23.9 Å². The zero-order chi connectivity index (χ0) is 25.0. The van der Waals surface area contributed by atoms with E-state index in [0.717, 1.165) is 30.5 Å². The first-order valence-corrected chi connectivity index (χ1v) is 12.3. The van der Waals surface area contributed by atoms with Crippen molar-refractivity contribution in [1.82, 2.24) is 20.0 Å². The number of fused-ring (bicyclic) bond motifs is 1. The van der Waals surface area contributed by atoms with Crippen LogP contribution in [0, 0.1) is 5.41 Å². The van der Waals surface area contributed by atoms with Gasteiger partial charge in [0, 0.05) is 51.5 Å². The van der Waals surface area contributed by atoms with Gasteiger partial charge in [0.1, 0.15) is 5.69 Å². The van der Waals surface area contributed by atoms with Gasteiger partial charge < -0.3 is 19.7 Å². The number of hydrogen-bond acceptors (Lipinski definition) is 6. The van der Waals surface area contributed by atoms with E-state index in [9.17, 15) is 14.4 Å². The van der Waals surface area contributed by atoms with E-state index in [0.29, 0.717) is 56.0 Å². The Bertz CT molecular complexity index is 1100. The summed E-state index contributed by atoms with van der Waals surface area (Å²) in [6, 6.07) is 6.55. The first kappa shape index (κ1) is 24.9. The average Bonchev–Trinajstić information content (AvgIpc) is 3.15. The summed E-state index contributed by atoms with van der Waals surface area (Å²) in [5.41, 5.74) is 3.36. The number of esters is 1. The number of nitrogens with one attached hydrogen (secondary N) is 1. The van der Waals surface area contributed by atoms with Gasteiger partial charge in [0.25, 0.3) is 11.8 Å². The fourth-order valence-corrected chi connectivity index (χ4v) is 4.89. The van der Waals surface area contributed by atoms with Crippen molar-refractivity contribution in [2.24, 2.45) is 5.41 Å². The Morgan fingerprint density at radius 1 is 1.23 bits per heavy atom. The van der Waals surface area contributed by atoms with Crippen LogP contribution in [0.3, 0.4) is 0 Å². The number of hydrogen-bond donors (Lipinski definition) is 1. The van der Waals surface area contributed by atoms with Crippen LogP contribution < -0.4 is 5.32 Å². The maximum absolute atomic E-state index is 12.9. The van der Waals surface area contributed by atoms with Crippen molar-refractivity contribution in [3.8, 4) is 0 Å². The molecule has 1 aromatic carbocycles. The second-order valence-corrected chi connectivity index (χ2v) is 9.58. The molecule has 35 heavy (non-hydrogen) atoms. The summed E-state index contributed by atoms with van der Waals surface area (Å²) in [6.07, 6.45) is 3.83. The van der Waals surface area contributed by atoms with E-state index in [2.05, 4.69) is 5.32 Å². The summed E-state index contributed by atoms with van der Waals surface area (Å²) in [6.45, 7) is 4.89. The third kappa shape index (κ3) is 5.40. The van der Waals surface area contributed by atoms with E-state index in [-0.39, 0.29) is 23.8 Å². The Hall–Kier alpha value is -3.20. The molecule has 188 valence electrons. The number of aryl methyl sites for hydroxylation is 2. The monoisotopic (exact) mass is 482 g/mol. The van der Waals surface area contributed by atoms with Gasteiger partial charge in [-0.25, -0.2) is 4.79 Å². The lowest BCUT2D eigenvalue weighted by atomic mass is 9.75. The van der Waals surface area contributed by atoms with Gasteiger partial charge in [-0.15, -0.1) is 0 Å². The van der Waals surface area contributed by atoms with Crippen LogP contribution in [0.1, 0.15) is 68.6 Å². The molecule has 9 nitrogen and oxygen atoms in total. The highest BCUT2D eigenvalue weighted by Gasteiger charge is 2.39. The van der Waals surface area contributed by atoms with E-state index < -0.39 is 5.97 Å². The molecule has 0 bridgehead atoms. The quantitative estimate of drug-likeness (QED) is 0.481. The first-order valence-electron chi connectivity index (χ1n) is 12.3. The summed E-state index contributed by atoms with van der Waals surface area (Å²) in [7, 11) is 3.34. The molecule has 3 heterocycles. The predicted octanol–water partition coefficient (Wildman–Crippen LogP) is 2.48. The Balaban J connectivity index is 1.42. The number of amides is 2. The minimum Gasteiger partial charge on any atom is -0.462 e. The molecule has 2 aromatic rings. The zero-order valence-electron chi connectivity index (χ0n) is 20.8. The molecule has 1 spiro atoms. The van der Waals surface area contributed by atoms with E-state index in [1.165, 1.54) is 4.90 Å². The van der Waals surface area contributed by atoms with Gasteiger partial charge >= 0.3 is 5.97 Å². The number of nitrogens with zero attached hydrogens (tertiary/aromatic N) is 3. The number of aromatic nitrogens is 2. The normalized spacial score (nSPS) is 16.8. The number of rotatable bonds is 7. The lowest BCUT2D eigenvalue weighted by molar-refractivity contribution is 0.0160. The topological polar surface area (TPSA) is 103 Å². The zero-order valence-corrected chi connectivity index (χ0v) is 20.8. The van der Waals surface area contributed by atoms with Gasteiger partial charge in [-0.05, 0) is 62.6 Å². The minimum atomic E-state index is -0.461. The molecular formula is C26H34N4O5. The number of benzene rings is 1. The van der Waals surface area contributed by atoms with Gasteiger partial charge in [-0.1, -0.05) is 6.07 Å². The second kappa shape index (κ2) is 10.6.